The lowest BCUT2D eigenvalue weighted by Gasteiger charge is -2.31. The third-order valence-electron chi connectivity index (χ3n) is 4.39. The van der Waals surface area contributed by atoms with E-state index in [1.54, 1.807) is 6.20 Å². The van der Waals surface area contributed by atoms with Gasteiger partial charge in [0.2, 0.25) is 0 Å². The molecule has 1 aliphatic heterocycles. The average Bonchev–Trinajstić information content (AvgIpc) is 3.15. The molecule has 0 radical (unpaired) electrons. The molecule has 7 heteroatoms. The smallest absolute Gasteiger partial charge is 0.297 e. The molecule has 2 aromatic heterocycles. The summed E-state index contributed by atoms with van der Waals surface area (Å²) in [6.45, 7) is 3.86. The fraction of sp³-hybridized carbons (Fsp3) is 0.263. The first kappa shape index (κ1) is 16.9. The number of benzene rings is 1. The Bertz CT molecular complexity index is 872. The molecule has 1 N–H and O–H groups in total. The van der Waals surface area contributed by atoms with Gasteiger partial charge in [0.1, 0.15) is 11.5 Å². The number of oxazole rings is 1. The summed E-state index contributed by atoms with van der Waals surface area (Å²) >= 11 is 5.92. The van der Waals surface area contributed by atoms with Crippen molar-refractivity contribution in [2.24, 2.45) is 0 Å². The first-order chi connectivity index (χ1) is 12.7. The van der Waals surface area contributed by atoms with Gasteiger partial charge >= 0.3 is 0 Å². The minimum Gasteiger partial charge on any atom is -0.422 e. The normalized spacial score (nSPS) is 15.2. The first-order valence-corrected chi connectivity index (χ1v) is 8.94. The fourth-order valence-electron chi connectivity index (χ4n) is 2.85. The van der Waals surface area contributed by atoms with Gasteiger partial charge < -0.3 is 19.5 Å². The summed E-state index contributed by atoms with van der Waals surface area (Å²) in [5, 5.41) is 3.97. The molecule has 0 saturated carbocycles. The highest BCUT2D eigenvalue weighted by atomic mass is 35.5. The highest BCUT2D eigenvalue weighted by Gasteiger charge is 2.19. The van der Waals surface area contributed by atoms with Crippen LogP contribution in [0.1, 0.15) is 0 Å². The van der Waals surface area contributed by atoms with E-state index >= 15 is 0 Å². The number of anilines is 3. The molecular formula is C19H20ClN5O. The van der Waals surface area contributed by atoms with Gasteiger partial charge in [-0.15, -0.1) is 0 Å². The number of piperazine rings is 1. The Kier molecular flexibility index (Phi) is 4.77. The van der Waals surface area contributed by atoms with E-state index in [9.17, 15) is 0 Å². The maximum atomic E-state index is 5.95. The largest absolute Gasteiger partial charge is 0.422 e. The lowest BCUT2D eigenvalue weighted by molar-refractivity contribution is 0.305. The molecule has 0 bridgehead atoms. The van der Waals surface area contributed by atoms with Crippen molar-refractivity contribution in [3.05, 3.63) is 53.7 Å². The van der Waals surface area contributed by atoms with Crippen LogP contribution in [0.2, 0.25) is 5.02 Å². The molecule has 0 amide bonds. The quantitative estimate of drug-likeness (QED) is 0.753. The van der Waals surface area contributed by atoms with E-state index in [2.05, 4.69) is 32.1 Å². The van der Waals surface area contributed by atoms with Crippen molar-refractivity contribution in [2.45, 2.75) is 0 Å². The van der Waals surface area contributed by atoms with Crippen LogP contribution in [0.15, 0.2) is 53.1 Å². The summed E-state index contributed by atoms with van der Waals surface area (Å²) in [5.74, 6) is 1.40. The first-order valence-electron chi connectivity index (χ1n) is 8.57. The van der Waals surface area contributed by atoms with Crippen molar-refractivity contribution in [2.75, 3.05) is 43.4 Å². The third-order valence-corrected chi connectivity index (χ3v) is 4.64. The molecule has 26 heavy (non-hydrogen) atoms. The molecule has 1 fully saturated rings. The minimum atomic E-state index is 0.658. The number of likely N-dealkylation sites (N-methyl/N-ethyl adjacent to an activating group) is 1. The summed E-state index contributed by atoms with van der Waals surface area (Å²) in [5.41, 5.74) is 1.67. The Morgan fingerprint density at radius 1 is 1.04 bits per heavy atom. The topological polar surface area (TPSA) is 57.4 Å². The highest BCUT2D eigenvalue weighted by molar-refractivity contribution is 6.30. The second kappa shape index (κ2) is 7.35. The van der Waals surface area contributed by atoms with Gasteiger partial charge in [-0.2, -0.15) is 0 Å². The number of hydrogen-bond acceptors (Lipinski definition) is 6. The summed E-state index contributed by atoms with van der Waals surface area (Å²) in [4.78, 5) is 13.5. The standard InChI is InChI=1S/C19H20ClN5O/c1-24-9-11-25(12-10-24)19-21-13-17(26-19)16-3-2-4-18(23-16)22-15-7-5-14(20)6-8-15/h2-8,13H,9-12H2,1H3,(H,22,23). The number of hydrogen-bond donors (Lipinski definition) is 1. The van der Waals surface area contributed by atoms with Crippen LogP contribution < -0.4 is 10.2 Å². The predicted molar refractivity (Wildman–Crippen MR) is 104 cm³/mol. The van der Waals surface area contributed by atoms with Crippen molar-refractivity contribution >= 4 is 29.1 Å². The second-order valence-corrected chi connectivity index (χ2v) is 6.77. The highest BCUT2D eigenvalue weighted by Crippen LogP contribution is 2.25. The maximum Gasteiger partial charge on any atom is 0.297 e. The van der Waals surface area contributed by atoms with E-state index in [-0.39, 0.29) is 0 Å². The lowest BCUT2D eigenvalue weighted by Crippen LogP contribution is -2.44. The molecule has 3 heterocycles. The van der Waals surface area contributed by atoms with Crippen molar-refractivity contribution in [3.63, 3.8) is 0 Å². The van der Waals surface area contributed by atoms with Gasteiger partial charge in [-0.1, -0.05) is 17.7 Å². The monoisotopic (exact) mass is 369 g/mol. The fourth-order valence-corrected chi connectivity index (χ4v) is 2.98. The number of pyridine rings is 1. The van der Waals surface area contributed by atoms with Crippen LogP contribution in [0.5, 0.6) is 0 Å². The summed E-state index contributed by atoms with van der Waals surface area (Å²) < 4.78 is 5.95. The Hall–Kier alpha value is -2.57. The molecule has 3 aromatic rings. The number of nitrogens with zero attached hydrogens (tertiary/aromatic N) is 4. The van der Waals surface area contributed by atoms with E-state index in [0.717, 1.165) is 43.4 Å². The molecule has 4 rings (SSSR count). The Labute approximate surface area is 157 Å². The van der Waals surface area contributed by atoms with Crippen molar-refractivity contribution in [1.82, 2.24) is 14.9 Å². The van der Waals surface area contributed by atoms with E-state index in [4.69, 9.17) is 16.0 Å². The summed E-state index contributed by atoms with van der Waals surface area (Å²) in [7, 11) is 2.13. The van der Waals surface area contributed by atoms with Gasteiger partial charge in [0.05, 0.1) is 6.20 Å². The number of aromatic nitrogens is 2. The van der Waals surface area contributed by atoms with Crippen LogP contribution in [0, 0.1) is 0 Å². The molecule has 0 unspecified atom stereocenters. The Morgan fingerprint density at radius 3 is 2.58 bits per heavy atom. The van der Waals surface area contributed by atoms with Crippen molar-refractivity contribution in [1.29, 1.82) is 0 Å². The minimum absolute atomic E-state index is 0.658. The van der Waals surface area contributed by atoms with Gasteiger partial charge in [0.15, 0.2) is 5.76 Å². The zero-order valence-corrected chi connectivity index (χ0v) is 15.3. The average molecular weight is 370 g/mol. The maximum absolute atomic E-state index is 5.95. The summed E-state index contributed by atoms with van der Waals surface area (Å²) in [6.07, 6.45) is 1.74. The van der Waals surface area contributed by atoms with Gasteiger partial charge in [-0.25, -0.2) is 9.97 Å². The molecule has 0 aliphatic carbocycles. The van der Waals surface area contributed by atoms with Gasteiger partial charge in [-0.05, 0) is 43.4 Å². The van der Waals surface area contributed by atoms with Gasteiger partial charge in [0.25, 0.3) is 6.01 Å². The SMILES string of the molecule is CN1CCN(c2ncc(-c3cccc(Nc4ccc(Cl)cc4)n3)o2)CC1. The predicted octanol–water partition coefficient (Wildman–Crippen LogP) is 3.89. The van der Waals surface area contributed by atoms with Crippen molar-refractivity contribution < 1.29 is 4.42 Å². The van der Waals surface area contributed by atoms with E-state index in [1.807, 2.05) is 42.5 Å². The van der Waals surface area contributed by atoms with Crippen LogP contribution in [-0.4, -0.2) is 48.1 Å². The van der Waals surface area contributed by atoms with E-state index < -0.39 is 0 Å². The second-order valence-electron chi connectivity index (χ2n) is 6.34. The molecule has 0 spiro atoms. The zero-order chi connectivity index (χ0) is 17.9. The van der Waals surface area contributed by atoms with E-state index in [1.165, 1.54) is 0 Å². The Balaban J connectivity index is 1.50. The van der Waals surface area contributed by atoms with Crippen molar-refractivity contribution in [3.8, 4) is 11.5 Å². The van der Waals surface area contributed by atoms with Gasteiger partial charge in [-0.3, -0.25) is 0 Å². The molecule has 134 valence electrons. The number of rotatable bonds is 4. The molecular weight excluding hydrogens is 350 g/mol. The van der Waals surface area contributed by atoms with Gasteiger partial charge in [0, 0.05) is 36.9 Å². The molecule has 1 aromatic carbocycles. The zero-order valence-electron chi connectivity index (χ0n) is 14.5. The molecule has 1 aliphatic rings. The van der Waals surface area contributed by atoms with Crippen LogP contribution in [0.4, 0.5) is 17.5 Å². The molecule has 6 nitrogen and oxygen atoms in total. The number of halogens is 1. The van der Waals surface area contributed by atoms with E-state index in [0.29, 0.717) is 16.8 Å². The van der Waals surface area contributed by atoms with Crippen LogP contribution in [0.3, 0.4) is 0 Å². The third kappa shape index (κ3) is 3.81. The van der Waals surface area contributed by atoms with Crippen LogP contribution in [-0.2, 0) is 0 Å². The molecule has 1 saturated heterocycles. The van der Waals surface area contributed by atoms with Crippen LogP contribution in [0.25, 0.3) is 11.5 Å². The lowest BCUT2D eigenvalue weighted by atomic mass is 10.3. The summed E-state index contributed by atoms with van der Waals surface area (Å²) in [6, 6.07) is 13.9. The Morgan fingerprint density at radius 2 is 1.81 bits per heavy atom. The number of nitrogens with one attached hydrogen (secondary N) is 1. The molecule has 0 atom stereocenters. The van der Waals surface area contributed by atoms with Crippen LogP contribution >= 0.6 is 11.6 Å².